The second-order valence-corrected chi connectivity index (χ2v) is 5.84. The highest BCUT2D eigenvalue weighted by Gasteiger charge is 2.32. The van der Waals surface area contributed by atoms with Crippen molar-refractivity contribution < 1.29 is 4.74 Å². The monoisotopic (exact) mass is 257 g/mol. The molecule has 0 amide bonds. The summed E-state index contributed by atoms with van der Waals surface area (Å²) in [5, 5.41) is 0. The molecule has 0 bridgehead atoms. The molecule has 1 aliphatic heterocycles. The summed E-state index contributed by atoms with van der Waals surface area (Å²) in [5.74, 6) is 0. The Morgan fingerprint density at radius 2 is 1.83 bits per heavy atom. The predicted octanol–water partition coefficient (Wildman–Crippen LogP) is 1.02. The molecule has 0 unspecified atom stereocenters. The molecule has 0 aromatic heterocycles. The van der Waals surface area contributed by atoms with E-state index in [2.05, 4.69) is 30.8 Å². The lowest BCUT2D eigenvalue weighted by Crippen LogP contribution is -2.46. The molecule has 1 rings (SSSR count). The van der Waals surface area contributed by atoms with Gasteiger partial charge in [0.15, 0.2) is 0 Å². The smallest absolute Gasteiger partial charge is 0.0472 e. The molecule has 0 radical (unpaired) electrons. The summed E-state index contributed by atoms with van der Waals surface area (Å²) in [5.41, 5.74) is 6.33. The molecular formula is C14H31N3O. The van der Waals surface area contributed by atoms with E-state index in [1.165, 1.54) is 13.0 Å². The lowest BCUT2D eigenvalue weighted by Gasteiger charge is -2.40. The molecule has 0 spiro atoms. The zero-order valence-corrected chi connectivity index (χ0v) is 12.5. The van der Waals surface area contributed by atoms with E-state index in [4.69, 9.17) is 10.5 Å². The Morgan fingerprint density at radius 3 is 2.33 bits per heavy atom. The first kappa shape index (κ1) is 15.9. The van der Waals surface area contributed by atoms with Gasteiger partial charge >= 0.3 is 0 Å². The Hall–Kier alpha value is -0.160. The summed E-state index contributed by atoms with van der Waals surface area (Å²) in [7, 11) is 4.27. The van der Waals surface area contributed by atoms with E-state index in [1.54, 1.807) is 0 Å². The van der Waals surface area contributed by atoms with Gasteiger partial charge in [-0.15, -0.1) is 0 Å². The average Bonchev–Trinajstić information content (AvgIpc) is 2.38. The van der Waals surface area contributed by atoms with Crippen LogP contribution in [-0.2, 0) is 4.74 Å². The predicted molar refractivity (Wildman–Crippen MR) is 76.8 cm³/mol. The van der Waals surface area contributed by atoms with Gasteiger partial charge in [0.05, 0.1) is 0 Å². The minimum atomic E-state index is 0.298. The third-order valence-electron chi connectivity index (χ3n) is 4.07. The number of nitrogens with zero attached hydrogens (tertiary/aromatic N) is 2. The second kappa shape index (κ2) is 8.10. The maximum Gasteiger partial charge on any atom is 0.0472 e. The van der Waals surface area contributed by atoms with Crippen LogP contribution in [0.2, 0.25) is 0 Å². The summed E-state index contributed by atoms with van der Waals surface area (Å²) < 4.78 is 5.47. The van der Waals surface area contributed by atoms with Crippen molar-refractivity contribution in [1.82, 2.24) is 9.80 Å². The van der Waals surface area contributed by atoms with Gasteiger partial charge in [-0.2, -0.15) is 0 Å². The number of nitrogens with two attached hydrogens (primary N) is 1. The van der Waals surface area contributed by atoms with Crippen LogP contribution in [0.1, 0.15) is 26.2 Å². The van der Waals surface area contributed by atoms with E-state index in [1.807, 2.05) is 0 Å². The van der Waals surface area contributed by atoms with E-state index in [0.29, 0.717) is 5.41 Å². The van der Waals surface area contributed by atoms with Gasteiger partial charge in [0.1, 0.15) is 0 Å². The number of hydrogen-bond donors (Lipinski definition) is 1. The fourth-order valence-corrected chi connectivity index (χ4v) is 2.67. The minimum absolute atomic E-state index is 0.298. The second-order valence-electron chi connectivity index (χ2n) is 5.84. The Labute approximate surface area is 112 Å². The van der Waals surface area contributed by atoms with Crippen molar-refractivity contribution in [2.45, 2.75) is 26.2 Å². The summed E-state index contributed by atoms with van der Waals surface area (Å²) in [4.78, 5) is 4.81. The summed E-state index contributed by atoms with van der Waals surface area (Å²) >= 11 is 0. The highest BCUT2D eigenvalue weighted by atomic mass is 16.5. The molecule has 0 atom stereocenters. The van der Waals surface area contributed by atoms with Gasteiger partial charge in [0.25, 0.3) is 0 Å². The first-order chi connectivity index (χ1) is 8.62. The molecular weight excluding hydrogens is 226 g/mol. The molecule has 108 valence electrons. The Bertz CT molecular complexity index is 215. The van der Waals surface area contributed by atoms with Gasteiger partial charge in [-0.3, -0.25) is 0 Å². The van der Waals surface area contributed by atoms with Crippen LogP contribution in [0.4, 0.5) is 0 Å². The third kappa shape index (κ3) is 5.22. The molecule has 4 nitrogen and oxygen atoms in total. The highest BCUT2D eigenvalue weighted by molar-refractivity contribution is 4.86. The van der Waals surface area contributed by atoms with Crippen LogP contribution in [0.3, 0.4) is 0 Å². The zero-order valence-electron chi connectivity index (χ0n) is 12.5. The molecule has 0 aliphatic carbocycles. The van der Waals surface area contributed by atoms with Gasteiger partial charge in [0.2, 0.25) is 0 Å². The molecule has 0 aromatic carbocycles. The average molecular weight is 257 g/mol. The summed E-state index contributed by atoms with van der Waals surface area (Å²) in [6, 6.07) is 0. The van der Waals surface area contributed by atoms with Gasteiger partial charge < -0.3 is 20.3 Å². The lowest BCUT2D eigenvalue weighted by atomic mass is 9.79. The van der Waals surface area contributed by atoms with Crippen molar-refractivity contribution in [1.29, 1.82) is 0 Å². The molecule has 1 fully saturated rings. The van der Waals surface area contributed by atoms with Crippen LogP contribution in [0.5, 0.6) is 0 Å². The van der Waals surface area contributed by atoms with Gasteiger partial charge in [-0.25, -0.2) is 0 Å². The lowest BCUT2D eigenvalue weighted by molar-refractivity contribution is 0.000281. The normalized spacial score (nSPS) is 19.7. The van der Waals surface area contributed by atoms with E-state index in [9.17, 15) is 0 Å². The van der Waals surface area contributed by atoms with Gasteiger partial charge in [0, 0.05) is 19.8 Å². The van der Waals surface area contributed by atoms with Crippen molar-refractivity contribution in [3.8, 4) is 0 Å². The fourth-order valence-electron chi connectivity index (χ4n) is 2.67. The summed E-state index contributed by atoms with van der Waals surface area (Å²) in [6.07, 6.45) is 3.47. The molecule has 1 aliphatic rings. The standard InChI is InChI=1S/C14H31N3O/c1-4-17(9-5-8-16(2)3)13-14(12-15)6-10-18-11-7-14/h4-13,15H2,1-3H3. The van der Waals surface area contributed by atoms with Gasteiger partial charge in [-0.1, -0.05) is 6.92 Å². The van der Waals surface area contributed by atoms with Crippen molar-refractivity contribution in [3.63, 3.8) is 0 Å². The summed E-state index contributed by atoms with van der Waals surface area (Å²) in [6.45, 7) is 9.40. The SMILES string of the molecule is CCN(CCCN(C)C)CC1(CN)CCOCC1. The van der Waals surface area contributed by atoms with Crippen molar-refractivity contribution >= 4 is 0 Å². The van der Waals surface area contributed by atoms with Gasteiger partial charge in [-0.05, 0) is 65.0 Å². The third-order valence-corrected chi connectivity index (χ3v) is 4.07. The van der Waals surface area contributed by atoms with Crippen LogP contribution in [-0.4, -0.2) is 69.8 Å². The maximum atomic E-state index is 6.03. The van der Waals surface area contributed by atoms with E-state index >= 15 is 0 Å². The minimum Gasteiger partial charge on any atom is -0.381 e. The van der Waals surface area contributed by atoms with Crippen molar-refractivity contribution in [2.24, 2.45) is 11.1 Å². The first-order valence-electron chi connectivity index (χ1n) is 7.27. The quantitative estimate of drug-likeness (QED) is 0.705. The molecule has 0 aromatic rings. The van der Waals surface area contributed by atoms with Crippen LogP contribution in [0.25, 0.3) is 0 Å². The van der Waals surface area contributed by atoms with Crippen molar-refractivity contribution in [3.05, 3.63) is 0 Å². The van der Waals surface area contributed by atoms with E-state index in [0.717, 1.165) is 52.2 Å². The number of hydrogen-bond acceptors (Lipinski definition) is 4. The molecule has 2 N–H and O–H groups in total. The topological polar surface area (TPSA) is 41.7 Å². The zero-order chi connectivity index (χ0) is 13.4. The first-order valence-corrected chi connectivity index (χ1v) is 7.27. The molecule has 1 heterocycles. The van der Waals surface area contributed by atoms with Crippen LogP contribution in [0, 0.1) is 5.41 Å². The fraction of sp³-hybridized carbons (Fsp3) is 1.00. The van der Waals surface area contributed by atoms with Crippen molar-refractivity contribution in [2.75, 3.05) is 60.0 Å². The van der Waals surface area contributed by atoms with Crippen LogP contribution in [0.15, 0.2) is 0 Å². The largest absolute Gasteiger partial charge is 0.381 e. The molecule has 0 saturated carbocycles. The Morgan fingerprint density at radius 1 is 1.17 bits per heavy atom. The Balaban J connectivity index is 2.39. The molecule has 18 heavy (non-hydrogen) atoms. The highest BCUT2D eigenvalue weighted by Crippen LogP contribution is 2.30. The number of rotatable bonds is 8. The Kier molecular flexibility index (Phi) is 7.15. The van der Waals surface area contributed by atoms with Crippen LogP contribution >= 0.6 is 0 Å². The van der Waals surface area contributed by atoms with Crippen LogP contribution < -0.4 is 5.73 Å². The van der Waals surface area contributed by atoms with E-state index in [-0.39, 0.29) is 0 Å². The molecule has 4 heteroatoms. The molecule has 1 saturated heterocycles. The van der Waals surface area contributed by atoms with E-state index < -0.39 is 0 Å². The maximum absolute atomic E-state index is 6.03. The number of ether oxygens (including phenoxy) is 1.